The van der Waals surface area contributed by atoms with Crippen LogP contribution in [-0.4, -0.2) is 32.5 Å². The van der Waals surface area contributed by atoms with E-state index in [0.29, 0.717) is 11.5 Å². The fourth-order valence-corrected chi connectivity index (χ4v) is 4.87. The molecule has 20 heavy (non-hydrogen) atoms. The van der Waals surface area contributed by atoms with Gasteiger partial charge in [0.25, 0.3) is 0 Å². The van der Waals surface area contributed by atoms with Crippen LogP contribution >= 0.6 is 0 Å². The van der Waals surface area contributed by atoms with Crippen LogP contribution in [0.5, 0.6) is 0 Å². The first-order valence-electron chi connectivity index (χ1n) is 7.41. The largest absolute Gasteiger partial charge is 0.314 e. The second-order valence-electron chi connectivity index (χ2n) is 5.95. The third-order valence-corrected chi connectivity index (χ3v) is 6.12. The van der Waals surface area contributed by atoms with Crippen LogP contribution in [0, 0.1) is 19.8 Å². The summed E-state index contributed by atoms with van der Waals surface area (Å²) in [6.07, 6.45) is 1.71. The lowest BCUT2D eigenvalue weighted by Crippen LogP contribution is -2.38. The van der Waals surface area contributed by atoms with Gasteiger partial charge >= 0.3 is 0 Å². The van der Waals surface area contributed by atoms with Crippen LogP contribution in [0.15, 0.2) is 18.2 Å². The van der Waals surface area contributed by atoms with Crippen LogP contribution in [-0.2, 0) is 16.3 Å². The molecule has 112 valence electrons. The van der Waals surface area contributed by atoms with Gasteiger partial charge in [0.05, 0.1) is 11.5 Å². The van der Waals surface area contributed by atoms with Gasteiger partial charge in [-0.2, -0.15) is 0 Å². The number of rotatable bonds is 5. The van der Waals surface area contributed by atoms with Crippen molar-refractivity contribution < 1.29 is 8.42 Å². The van der Waals surface area contributed by atoms with E-state index < -0.39 is 9.84 Å². The molecular formula is C16H25NO2S. The van der Waals surface area contributed by atoms with Gasteiger partial charge in [0.2, 0.25) is 0 Å². The Morgan fingerprint density at radius 3 is 2.60 bits per heavy atom. The highest BCUT2D eigenvalue weighted by Gasteiger charge is 2.33. The third kappa shape index (κ3) is 3.83. The van der Waals surface area contributed by atoms with E-state index in [1.807, 2.05) is 0 Å². The molecule has 0 aliphatic carbocycles. The van der Waals surface area contributed by atoms with Gasteiger partial charge < -0.3 is 5.32 Å². The monoisotopic (exact) mass is 295 g/mol. The fraction of sp³-hybridized carbons (Fsp3) is 0.625. The lowest BCUT2D eigenvalue weighted by atomic mass is 9.92. The average Bonchev–Trinajstić information content (AvgIpc) is 2.74. The second kappa shape index (κ2) is 6.27. The molecule has 0 amide bonds. The third-order valence-electron chi connectivity index (χ3n) is 4.33. The minimum Gasteiger partial charge on any atom is -0.314 e. The topological polar surface area (TPSA) is 46.2 Å². The number of hydrogen-bond acceptors (Lipinski definition) is 3. The van der Waals surface area contributed by atoms with Crippen molar-refractivity contribution in [3.63, 3.8) is 0 Å². The number of hydrogen-bond donors (Lipinski definition) is 1. The molecule has 0 aromatic heterocycles. The number of likely N-dealkylation sites (N-methyl/N-ethyl adjacent to an activating group) is 1. The summed E-state index contributed by atoms with van der Waals surface area (Å²) >= 11 is 0. The molecule has 1 aliphatic heterocycles. The van der Waals surface area contributed by atoms with E-state index in [4.69, 9.17) is 0 Å². The summed E-state index contributed by atoms with van der Waals surface area (Å²) in [5.74, 6) is 0.948. The van der Waals surface area contributed by atoms with E-state index in [1.165, 1.54) is 16.7 Å². The first kappa shape index (κ1) is 15.5. The van der Waals surface area contributed by atoms with Gasteiger partial charge in [0, 0.05) is 6.04 Å². The van der Waals surface area contributed by atoms with Gasteiger partial charge in [-0.3, -0.25) is 0 Å². The molecule has 0 bridgehead atoms. The van der Waals surface area contributed by atoms with Crippen molar-refractivity contribution in [3.8, 4) is 0 Å². The van der Waals surface area contributed by atoms with Crippen molar-refractivity contribution in [1.29, 1.82) is 0 Å². The highest BCUT2D eigenvalue weighted by Crippen LogP contribution is 2.24. The zero-order chi connectivity index (χ0) is 14.8. The van der Waals surface area contributed by atoms with Crippen molar-refractivity contribution >= 4 is 9.84 Å². The molecular weight excluding hydrogens is 270 g/mol. The van der Waals surface area contributed by atoms with Gasteiger partial charge in [0.1, 0.15) is 0 Å². The Bertz CT molecular complexity index is 566. The van der Waals surface area contributed by atoms with Crippen LogP contribution in [0.4, 0.5) is 0 Å². The van der Waals surface area contributed by atoms with Crippen LogP contribution in [0.2, 0.25) is 0 Å². The quantitative estimate of drug-likeness (QED) is 0.906. The summed E-state index contributed by atoms with van der Waals surface area (Å²) < 4.78 is 23.3. The van der Waals surface area contributed by atoms with E-state index in [2.05, 4.69) is 44.3 Å². The molecule has 0 saturated carbocycles. The molecule has 0 spiro atoms. The minimum absolute atomic E-state index is 0.251. The lowest BCUT2D eigenvalue weighted by molar-refractivity contribution is 0.386. The maximum atomic E-state index is 11.7. The van der Waals surface area contributed by atoms with Crippen molar-refractivity contribution in [2.24, 2.45) is 5.92 Å². The van der Waals surface area contributed by atoms with Crippen LogP contribution in [0.3, 0.4) is 0 Å². The Labute approximate surface area is 122 Å². The molecule has 2 rings (SSSR count). The molecule has 1 fully saturated rings. The van der Waals surface area contributed by atoms with E-state index in [1.54, 1.807) is 0 Å². The highest BCUT2D eigenvalue weighted by molar-refractivity contribution is 7.91. The van der Waals surface area contributed by atoms with E-state index in [9.17, 15) is 8.42 Å². The summed E-state index contributed by atoms with van der Waals surface area (Å²) in [7, 11) is -2.81. The van der Waals surface area contributed by atoms with Crippen molar-refractivity contribution in [1.82, 2.24) is 5.32 Å². The van der Waals surface area contributed by atoms with Crippen LogP contribution in [0.25, 0.3) is 0 Å². The van der Waals surface area contributed by atoms with E-state index >= 15 is 0 Å². The molecule has 1 aromatic carbocycles. The van der Waals surface area contributed by atoms with Gasteiger partial charge in [-0.15, -0.1) is 0 Å². The fourth-order valence-electron chi connectivity index (χ4n) is 2.99. The molecule has 1 aromatic rings. The molecule has 3 nitrogen and oxygen atoms in total. The highest BCUT2D eigenvalue weighted by atomic mass is 32.2. The summed E-state index contributed by atoms with van der Waals surface area (Å²) in [5.41, 5.74) is 3.90. The van der Waals surface area contributed by atoms with Gasteiger partial charge in [-0.25, -0.2) is 8.42 Å². The van der Waals surface area contributed by atoms with Crippen molar-refractivity contribution in [2.75, 3.05) is 18.1 Å². The Balaban J connectivity index is 2.11. The van der Waals surface area contributed by atoms with Gasteiger partial charge in [0.15, 0.2) is 9.84 Å². The smallest absolute Gasteiger partial charge is 0.150 e. The Morgan fingerprint density at radius 1 is 1.30 bits per heavy atom. The minimum atomic E-state index is -2.81. The Hall–Kier alpha value is -0.870. The van der Waals surface area contributed by atoms with Crippen molar-refractivity contribution in [3.05, 3.63) is 34.9 Å². The average molecular weight is 295 g/mol. The Kier molecular flexibility index (Phi) is 4.86. The molecule has 0 radical (unpaired) electrons. The summed E-state index contributed by atoms with van der Waals surface area (Å²) in [5, 5.41) is 3.48. The van der Waals surface area contributed by atoms with Crippen molar-refractivity contribution in [2.45, 2.75) is 39.7 Å². The zero-order valence-electron chi connectivity index (χ0n) is 12.6. The first-order valence-corrected chi connectivity index (χ1v) is 9.23. The Morgan fingerprint density at radius 2 is 2.05 bits per heavy atom. The van der Waals surface area contributed by atoms with Gasteiger partial charge in [-0.05, 0) is 55.8 Å². The second-order valence-corrected chi connectivity index (χ2v) is 8.18. The molecule has 2 atom stereocenters. The molecule has 1 saturated heterocycles. The normalized spacial score (nSPS) is 22.9. The maximum absolute atomic E-state index is 11.7. The van der Waals surface area contributed by atoms with E-state index in [-0.39, 0.29) is 12.0 Å². The van der Waals surface area contributed by atoms with E-state index in [0.717, 1.165) is 19.4 Å². The summed E-state index contributed by atoms with van der Waals surface area (Å²) in [6, 6.07) is 6.80. The zero-order valence-corrected chi connectivity index (χ0v) is 13.5. The number of benzene rings is 1. The number of sulfone groups is 1. The molecule has 4 heteroatoms. The maximum Gasteiger partial charge on any atom is 0.150 e. The predicted octanol–water partition coefficient (Wildman–Crippen LogP) is 2.26. The molecule has 1 N–H and O–H groups in total. The molecule has 1 heterocycles. The predicted molar refractivity (Wildman–Crippen MR) is 83.8 cm³/mol. The number of nitrogens with one attached hydrogen (secondary N) is 1. The van der Waals surface area contributed by atoms with Gasteiger partial charge in [-0.1, -0.05) is 25.1 Å². The van der Waals surface area contributed by atoms with Crippen LogP contribution < -0.4 is 5.32 Å². The number of aryl methyl sites for hydroxylation is 2. The first-order chi connectivity index (χ1) is 9.41. The summed E-state index contributed by atoms with van der Waals surface area (Å²) in [4.78, 5) is 0. The molecule has 2 unspecified atom stereocenters. The molecule has 1 aliphatic rings. The lowest BCUT2D eigenvalue weighted by Gasteiger charge is -2.24. The standard InChI is InChI=1S/C16H25NO2S/c1-4-17-16(15-7-8-20(18,19)11-15)10-14-6-5-12(2)13(3)9-14/h5-6,9,15-17H,4,7-8,10-11H2,1-3H3. The summed E-state index contributed by atoms with van der Waals surface area (Å²) in [6.45, 7) is 7.20. The van der Waals surface area contributed by atoms with Crippen LogP contribution in [0.1, 0.15) is 30.0 Å². The SMILES string of the molecule is CCNC(Cc1ccc(C)c(C)c1)C1CCS(=O)(=O)C1.